The van der Waals surface area contributed by atoms with Gasteiger partial charge in [-0.3, -0.25) is 4.79 Å². The Kier molecular flexibility index (Phi) is 6.91. The minimum absolute atomic E-state index is 0. The highest BCUT2D eigenvalue weighted by molar-refractivity contribution is 7.07. The summed E-state index contributed by atoms with van der Waals surface area (Å²) < 4.78 is 4.86. The first-order valence-electron chi connectivity index (χ1n) is 8.17. The smallest absolute Gasteiger partial charge is 0.229 e. The number of hydrogen-bond donors (Lipinski definition) is 1. The van der Waals surface area contributed by atoms with Gasteiger partial charge in [0.15, 0.2) is 0 Å². The number of rotatable bonds is 5. The molecule has 2 aliphatic rings. The average Bonchev–Trinajstić information content (AvgIpc) is 2.99. The molecule has 1 aliphatic heterocycles. The second kappa shape index (κ2) is 8.54. The van der Waals surface area contributed by atoms with Gasteiger partial charge >= 0.3 is 0 Å². The third-order valence-electron chi connectivity index (χ3n) is 5.20. The highest BCUT2D eigenvalue weighted by Gasteiger charge is 2.57. The number of aromatic nitrogens is 1. The number of amides is 1. The quantitative estimate of drug-likeness (QED) is 0.831. The van der Waals surface area contributed by atoms with Gasteiger partial charge in [0.05, 0.1) is 12.1 Å². The van der Waals surface area contributed by atoms with Crippen LogP contribution < -0.4 is 5.32 Å². The highest BCUT2D eigenvalue weighted by Crippen LogP contribution is 2.56. The van der Waals surface area contributed by atoms with Crippen LogP contribution in [0.15, 0.2) is 33.7 Å². The number of piperidine rings is 1. The van der Waals surface area contributed by atoms with Gasteiger partial charge in [-0.15, -0.1) is 24.8 Å². The van der Waals surface area contributed by atoms with E-state index in [0.717, 1.165) is 19.5 Å². The first-order valence-corrected chi connectivity index (χ1v) is 9.12. The SMILES string of the molecule is Cl.Cl.O=C(Cc1ccon1)N(Cc1ccsc1)C1CC12CCNCC2. The van der Waals surface area contributed by atoms with Crippen molar-refractivity contribution in [2.75, 3.05) is 13.1 Å². The molecule has 0 radical (unpaired) electrons. The van der Waals surface area contributed by atoms with E-state index >= 15 is 0 Å². The Hall–Kier alpha value is -1.08. The van der Waals surface area contributed by atoms with Crippen LogP contribution in [0.25, 0.3) is 0 Å². The summed E-state index contributed by atoms with van der Waals surface area (Å²) in [5, 5.41) is 11.5. The maximum Gasteiger partial charge on any atom is 0.229 e. The molecule has 3 heterocycles. The Morgan fingerprint density at radius 2 is 2.16 bits per heavy atom. The van der Waals surface area contributed by atoms with Crippen molar-refractivity contribution >= 4 is 42.1 Å². The number of carbonyl (C=O) groups excluding carboxylic acids is 1. The van der Waals surface area contributed by atoms with Crippen molar-refractivity contribution in [3.63, 3.8) is 0 Å². The van der Waals surface area contributed by atoms with Crippen molar-refractivity contribution in [1.29, 1.82) is 0 Å². The Labute approximate surface area is 164 Å². The molecule has 1 amide bonds. The molecule has 4 rings (SSSR count). The number of nitrogens with zero attached hydrogens (tertiary/aromatic N) is 2. The van der Waals surface area contributed by atoms with Crippen molar-refractivity contribution in [3.8, 4) is 0 Å². The molecule has 138 valence electrons. The van der Waals surface area contributed by atoms with E-state index < -0.39 is 0 Å². The molecule has 1 atom stereocenters. The molecule has 25 heavy (non-hydrogen) atoms. The van der Waals surface area contributed by atoms with Crippen molar-refractivity contribution in [2.24, 2.45) is 5.41 Å². The summed E-state index contributed by atoms with van der Waals surface area (Å²) in [7, 11) is 0. The lowest BCUT2D eigenvalue weighted by Crippen LogP contribution is -2.39. The first-order chi connectivity index (χ1) is 11.3. The number of halogens is 2. The lowest BCUT2D eigenvalue weighted by molar-refractivity contribution is -0.132. The molecule has 2 fully saturated rings. The fourth-order valence-electron chi connectivity index (χ4n) is 3.77. The van der Waals surface area contributed by atoms with Gasteiger partial charge in [-0.25, -0.2) is 0 Å². The molecule has 8 heteroatoms. The molecule has 1 aliphatic carbocycles. The molecule has 1 saturated heterocycles. The predicted molar refractivity (Wildman–Crippen MR) is 103 cm³/mol. The van der Waals surface area contributed by atoms with Gasteiger partial charge in [0.1, 0.15) is 6.26 Å². The molecular weight excluding hydrogens is 381 g/mol. The second-order valence-electron chi connectivity index (χ2n) is 6.65. The van der Waals surface area contributed by atoms with Crippen molar-refractivity contribution in [3.05, 3.63) is 40.4 Å². The van der Waals surface area contributed by atoms with Crippen molar-refractivity contribution in [2.45, 2.75) is 38.3 Å². The summed E-state index contributed by atoms with van der Waals surface area (Å²) in [6, 6.07) is 4.26. The van der Waals surface area contributed by atoms with Crippen molar-refractivity contribution < 1.29 is 9.32 Å². The molecule has 5 nitrogen and oxygen atoms in total. The van der Waals surface area contributed by atoms with Gasteiger partial charge in [-0.05, 0) is 60.2 Å². The lowest BCUT2D eigenvalue weighted by atomic mass is 9.93. The van der Waals surface area contributed by atoms with Crippen LogP contribution in [0.2, 0.25) is 0 Å². The van der Waals surface area contributed by atoms with E-state index in [-0.39, 0.29) is 30.7 Å². The normalized spacial score (nSPS) is 20.4. The number of thiophene rings is 1. The standard InChI is InChI=1S/C17H21N3O2S.2ClH/c21-16(9-14-1-7-22-19-14)20(11-13-2-8-23-12-13)15-10-17(15)3-5-18-6-4-17;;/h1-2,7-8,12,15,18H,3-6,9-11H2;2*1H. The van der Waals surface area contributed by atoms with Crippen LogP contribution in [0.5, 0.6) is 0 Å². The maximum absolute atomic E-state index is 12.9. The Bertz CT molecular complexity index is 658. The predicted octanol–water partition coefficient (Wildman–Crippen LogP) is 3.29. The highest BCUT2D eigenvalue weighted by atomic mass is 35.5. The fourth-order valence-corrected chi connectivity index (χ4v) is 4.43. The molecule has 2 aromatic heterocycles. The van der Waals surface area contributed by atoms with Gasteiger partial charge in [-0.2, -0.15) is 11.3 Å². The summed E-state index contributed by atoms with van der Waals surface area (Å²) in [4.78, 5) is 15.0. The molecule has 1 unspecified atom stereocenters. The van der Waals surface area contributed by atoms with Crippen LogP contribution in [0, 0.1) is 5.41 Å². The van der Waals surface area contributed by atoms with Crippen LogP contribution >= 0.6 is 36.2 Å². The van der Waals surface area contributed by atoms with Crippen LogP contribution in [0.4, 0.5) is 0 Å². The first kappa shape index (κ1) is 20.2. The molecule has 0 aromatic carbocycles. The molecule has 0 bridgehead atoms. The third-order valence-corrected chi connectivity index (χ3v) is 5.93. The van der Waals surface area contributed by atoms with Gasteiger partial charge < -0.3 is 14.7 Å². The van der Waals surface area contributed by atoms with E-state index in [9.17, 15) is 4.79 Å². The summed E-state index contributed by atoms with van der Waals surface area (Å²) >= 11 is 1.68. The Morgan fingerprint density at radius 1 is 1.36 bits per heavy atom. The van der Waals surface area contributed by atoms with E-state index in [1.807, 2.05) is 0 Å². The van der Waals surface area contributed by atoms with Gasteiger partial charge in [0.2, 0.25) is 5.91 Å². The Morgan fingerprint density at radius 3 is 2.80 bits per heavy atom. The summed E-state index contributed by atoms with van der Waals surface area (Å²) in [5.41, 5.74) is 2.28. The maximum atomic E-state index is 12.9. The van der Waals surface area contributed by atoms with Crippen LogP contribution in [-0.2, 0) is 17.8 Å². The van der Waals surface area contributed by atoms with Crippen LogP contribution in [0.1, 0.15) is 30.5 Å². The van der Waals surface area contributed by atoms with Gasteiger partial charge in [-0.1, -0.05) is 5.16 Å². The number of hydrogen-bond acceptors (Lipinski definition) is 5. The second-order valence-corrected chi connectivity index (χ2v) is 7.43. The number of carbonyl (C=O) groups is 1. The topological polar surface area (TPSA) is 58.4 Å². The summed E-state index contributed by atoms with van der Waals surface area (Å²) in [6.45, 7) is 2.85. The fraction of sp³-hybridized carbons (Fsp3) is 0.529. The van der Waals surface area contributed by atoms with E-state index in [4.69, 9.17) is 4.52 Å². The lowest BCUT2D eigenvalue weighted by Gasteiger charge is -2.29. The molecular formula is C17H23Cl2N3O2S. The van der Waals surface area contributed by atoms with Crippen LogP contribution in [-0.4, -0.2) is 35.1 Å². The zero-order chi connectivity index (χ0) is 15.7. The average molecular weight is 404 g/mol. The Balaban J connectivity index is 0.00000113. The van der Waals surface area contributed by atoms with Crippen molar-refractivity contribution in [1.82, 2.24) is 15.4 Å². The van der Waals surface area contributed by atoms with E-state index in [1.165, 1.54) is 24.7 Å². The van der Waals surface area contributed by atoms with E-state index in [1.54, 1.807) is 17.4 Å². The molecule has 1 N–H and O–H groups in total. The zero-order valence-electron chi connectivity index (χ0n) is 13.8. The minimum atomic E-state index is 0. The minimum Gasteiger partial charge on any atom is -0.364 e. The van der Waals surface area contributed by atoms with Gasteiger partial charge in [0.25, 0.3) is 0 Å². The largest absolute Gasteiger partial charge is 0.364 e. The van der Waals surface area contributed by atoms with E-state index in [2.05, 4.69) is 32.2 Å². The summed E-state index contributed by atoms with van der Waals surface area (Å²) in [5.74, 6) is 0.158. The van der Waals surface area contributed by atoms with Gasteiger partial charge in [0, 0.05) is 18.7 Å². The molecule has 1 saturated carbocycles. The van der Waals surface area contributed by atoms with E-state index in [0.29, 0.717) is 30.1 Å². The zero-order valence-corrected chi connectivity index (χ0v) is 16.3. The summed E-state index contributed by atoms with van der Waals surface area (Å²) in [6.07, 6.45) is 5.34. The molecule has 1 spiro atoms. The molecule has 2 aromatic rings. The number of nitrogens with one attached hydrogen (secondary N) is 1. The van der Waals surface area contributed by atoms with Crippen LogP contribution in [0.3, 0.4) is 0 Å². The monoisotopic (exact) mass is 403 g/mol. The third kappa shape index (κ3) is 4.37.